The molecule has 2 aromatic rings. The number of hydrogen-bond acceptors (Lipinski definition) is 5. The quantitative estimate of drug-likeness (QED) is 0.699. The highest BCUT2D eigenvalue weighted by Gasteiger charge is 2.34. The molecule has 3 rings (SSSR count). The number of nitrogens with zero attached hydrogens (tertiary/aromatic N) is 2. The van der Waals surface area contributed by atoms with Gasteiger partial charge in [0.2, 0.25) is 0 Å². The molecule has 0 bridgehead atoms. The van der Waals surface area contributed by atoms with Gasteiger partial charge < -0.3 is 10.2 Å². The Bertz CT molecular complexity index is 848. The van der Waals surface area contributed by atoms with Gasteiger partial charge in [-0.25, -0.2) is 0 Å². The van der Waals surface area contributed by atoms with E-state index >= 15 is 0 Å². The standard InChI is InChI=1S/C19H18BrN3O2S/c1-22(2)16-9-3-13(4-10-16)11-17-18(24)23(19(25)26-17)12-21-15-7-5-14(20)6-8-15/h3-11,21H,12H2,1-2H3. The number of halogens is 1. The third-order valence-corrected chi connectivity index (χ3v) is 5.30. The number of imide groups is 1. The zero-order valence-corrected chi connectivity index (χ0v) is 16.8. The van der Waals surface area contributed by atoms with Crippen LogP contribution in [0.2, 0.25) is 0 Å². The normalized spacial score (nSPS) is 15.7. The molecule has 0 aliphatic carbocycles. The summed E-state index contributed by atoms with van der Waals surface area (Å²) in [6, 6.07) is 15.4. The van der Waals surface area contributed by atoms with Crippen LogP contribution in [-0.2, 0) is 4.79 Å². The molecule has 1 aliphatic rings. The Hall–Kier alpha value is -2.25. The van der Waals surface area contributed by atoms with Gasteiger partial charge in [-0.2, -0.15) is 0 Å². The Morgan fingerprint density at radius 3 is 2.35 bits per heavy atom. The van der Waals surface area contributed by atoms with Gasteiger partial charge in [-0.3, -0.25) is 14.5 Å². The van der Waals surface area contributed by atoms with Crippen molar-refractivity contribution in [3.63, 3.8) is 0 Å². The maximum absolute atomic E-state index is 12.5. The first-order valence-electron chi connectivity index (χ1n) is 7.96. The fourth-order valence-electron chi connectivity index (χ4n) is 2.39. The largest absolute Gasteiger partial charge is 0.378 e. The average Bonchev–Trinajstić information content (AvgIpc) is 2.88. The van der Waals surface area contributed by atoms with E-state index in [1.807, 2.05) is 67.5 Å². The lowest BCUT2D eigenvalue weighted by atomic mass is 10.2. The van der Waals surface area contributed by atoms with E-state index in [-0.39, 0.29) is 17.8 Å². The number of anilines is 2. The number of thioether (sulfide) groups is 1. The molecule has 134 valence electrons. The molecular formula is C19H18BrN3O2S. The van der Waals surface area contributed by atoms with Crippen LogP contribution in [0.1, 0.15) is 5.56 Å². The van der Waals surface area contributed by atoms with Gasteiger partial charge in [0.1, 0.15) is 0 Å². The van der Waals surface area contributed by atoms with Crippen LogP contribution in [0.5, 0.6) is 0 Å². The van der Waals surface area contributed by atoms with E-state index < -0.39 is 0 Å². The second-order valence-corrected chi connectivity index (χ2v) is 7.85. The van der Waals surface area contributed by atoms with E-state index in [1.165, 1.54) is 4.90 Å². The Labute approximate surface area is 165 Å². The molecule has 2 amide bonds. The Morgan fingerprint density at radius 2 is 1.73 bits per heavy atom. The van der Waals surface area contributed by atoms with Gasteiger partial charge in [0.25, 0.3) is 11.1 Å². The van der Waals surface area contributed by atoms with E-state index in [9.17, 15) is 9.59 Å². The molecule has 0 radical (unpaired) electrons. The van der Waals surface area contributed by atoms with E-state index in [0.29, 0.717) is 4.91 Å². The maximum atomic E-state index is 12.5. The Kier molecular flexibility index (Phi) is 5.68. The predicted octanol–water partition coefficient (Wildman–Crippen LogP) is 4.62. The SMILES string of the molecule is CN(C)c1ccc(C=C2SC(=O)N(CNc3ccc(Br)cc3)C2=O)cc1. The van der Waals surface area contributed by atoms with Crippen molar-refractivity contribution in [1.29, 1.82) is 0 Å². The lowest BCUT2D eigenvalue weighted by Gasteiger charge is -2.14. The fourth-order valence-corrected chi connectivity index (χ4v) is 3.50. The molecule has 7 heteroatoms. The van der Waals surface area contributed by atoms with Gasteiger partial charge in [0.15, 0.2) is 0 Å². The molecule has 0 saturated carbocycles. The van der Waals surface area contributed by atoms with Crippen molar-refractivity contribution in [3.8, 4) is 0 Å². The van der Waals surface area contributed by atoms with Gasteiger partial charge in [-0.1, -0.05) is 28.1 Å². The van der Waals surface area contributed by atoms with Crippen LogP contribution in [0.3, 0.4) is 0 Å². The summed E-state index contributed by atoms with van der Waals surface area (Å²) in [5, 5.41) is 2.83. The van der Waals surface area contributed by atoms with E-state index in [0.717, 1.165) is 33.2 Å². The summed E-state index contributed by atoms with van der Waals surface area (Å²) in [5.41, 5.74) is 2.81. The molecule has 1 heterocycles. The topological polar surface area (TPSA) is 52.7 Å². The lowest BCUT2D eigenvalue weighted by Crippen LogP contribution is -2.33. The summed E-state index contributed by atoms with van der Waals surface area (Å²) in [4.78, 5) is 28.4. The van der Waals surface area contributed by atoms with Crippen LogP contribution in [0.4, 0.5) is 16.2 Å². The smallest absolute Gasteiger partial charge is 0.295 e. The van der Waals surface area contributed by atoms with Crippen molar-refractivity contribution in [2.24, 2.45) is 0 Å². The highest BCUT2D eigenvalue weighted by atomic mass is 79.9. The first kappa shape index (κ1) is 18.5. The van der Waals surface area contributed by atoms with E-state index in [1.54, 1.807) is 6.08 Å². The van der Waals surface area contributed by atoms with Gasteiger partial charge >= 0.3 is 0 Å². The van der Waals surface area contributed by atoms with Gasteiger partial charge in [0.05, 0.1) is 11.6 Å². The molecule has 1 aliphatic heterocycles. The monoisotopic (exact) mass is 431 g/mol. The average molecular weight is 432 g/mol. The first-order chi connectivity index (χ1) is 12.4. The Balaban J connectivity index is 1.68. The second-order valence-electron chi connectivity index (χ2n) is 5.94. The molecule has 0 atom stereocenters. The molecule has 0 aromatic heterocycles. The van der Waals surface area contributed by atoms with Crippen LogP contribution in [-0.4, -0.2) is 36.8 Å². The molecule has 1 saturated heterocycles. The number of nitrogens with one attached hydrogen (secondary N) is 1. The number of rotatable bonds is 5. The molecule has 0 unspecified atom stereocenters. The van der Waals surface area contributed by atoms with Crippen LogP contribution < -0.4 is 10.2 Å². The highest BCUT2D eigenvalue weighted by molar-refractivity contribution is 9.10. The summed E-state index contributed by atoms with van der Waals surface area (Å²) >= 11 is 4.34. The molecule has 26 heavy (non-hydrogen) atoms. The summed E-state index contributed by atoms with van der Waals surface area (Å²) < 4.78 is 0.970. The minimum atomic E-state index is -0.277. The molecule has 5 nitrogen and oxygen atoms in total. The molecular weight excluding hydrogens is 414 g/mol. The van der Waals surface area contributed by atoms with Crippen LogP contribution >= 0.6 is 27.7 Å². The number of carbonyl (C=O) groups excluding carboxylic acids is 2. The molecule has 0 spiro atoms. The number of hydrogen-bond donors (Lipinski definition) is 1. The highest BCUT2D eigenvalue weighted by Crippen LogP contribution is 2.32. The van der Waals surface area contributed by atoms with Crippen molar-refractivity contribution in [2.75, 3.05) is 31.0 Å². The lowest BCUT2D eigenvalue weighted by molar-refractivity contribution is -0.122. The van der Waals surface area contributed by atoms with Gasteiger partial charge in [0, 0.05) is 29.9 Å². The minimum Gasteiger partial charge on any atom is -0.378 e. The van der Waals surface area contributed by atoms with Crippen LogP contribution in [0.25, 0.3) is 6.08 Å². The molecule has 1 N–H and O–H groups in total. The summed E-state index contributed by atoms with van der Waals surface area (Å²) in [6.45, 7) is 0.142. The number of carbonyl (C=O) groups is 2. The van der Waals surface area contributed by atoms with Crippen molar-refractivity contribution in [2.45, 2.75) is 0 Å². The number of benzene rings is 2. The van der Waals surface area contributed by atoms with Crippen molar-refractivity contribution < 1.29 is 9.59 Å². The third kappa shape index (κ3) is 4.28. The second kappa shape index (κ2) is 7.97. The summed E-state index contributed by atoms with van der Waals surface area (Å²) in [6.07, 6.45) is 1.75. The van der Waals surface area contributed by atoms with Crippen molar-refractivity contribution >= 4 is 56.3 Å². The van der Waals surface area contributed by atoms with Crippen molar-refractivity contribution in [1.82, 2.24) is 4.90 Å². The van der Waals surface area contributed by atoms with Crippen LogP contribution in [0, 0.1) is 0 Å². The zero-order valence-electron chi connectivity index (χ0n) is 14.4. The van der Waals surface area contributed by atoms with Gasteiger partial charge in [-0.15, -0.1) is 0 Å². The Morgan fingerprint density at radius 1 is 1.08 bits per heavy atom. The third-order valence-electron chi connectivity index (χ3n) is 3.87. The molecule has 2 aromatic carbocycles. The summed E-state index contributed by atoms with van der Waals surface area (Å²) in [7, 11) is 3.94. The maximum Gasteiger partial charge on any atom is 0.295 e. The predicted molar refractivity (Wildman–Crippen MR) is 111 cm³/mol. The minimum absolute atomic E-state index is 0.142. The first-order valence-corrected chi connectivity index (χ1v) is 9.57. The number of amides is 2. The molecule has 1 fully saturated rings. The van der Waals surface area contributed by atoms with E-state index in [4.69, 9.17) is 0 Å². The zero-order chi connectivity index (χ0) is 18.7. The van der Waals surface area contributed by atoms with E-state index in [2.05, 4.69) is 21.2 Å². The van der Waals surface area contributed by atoms with Crippen LogP contribution in [0.15, 0.2) is 57.9 Å². The summed E-state index contributed by atoms with van der Waals surface area (Å²) in [5.74, 6) is -0.277. The van der Waals surface area contributed by atoms with Gasteiger partial charge in [-0.05, 0) is 59.8 Å². The van der Waals surface area contributed by atoms with Crippen molar-refractivity contribution in [3.05, 3.63) is 63.5 Å². The fraction of sp³-hybridized carbons (Fsp3) is 0.158.